The minimum absolute atomic E-state index is 0. The SMILES string of the molecule is C[C@@H](N)C(=O)OC1C2(C)CCC(C2)C1(C)C.Cl. The summed E-state index contributed by atoms with van der Waals surface area (Å²) in [5.74, 6) is 0.440. The van der Waals surface area contributed by atoms with Gasteiger partial charge in [0.25, 0.3) is 0 Å². The summed E-state index contributed by atoms with van der Waals surface area (Å²) in [5, 5.41) is 0. The van der Waals surface area contributed by atoms with Gasteiger partial charge in [-0.05, 0) is 32.1 Å². The van der Waals surface area contributed by atoms with E-state index in [1.54, 1.807) is 6.92 Å². The number of nitrogens with two attached hydrogens (primary N) is 1. The first-order valence-corrected chi connectivity index (χ1v) is 6.23. The van der Waals surface area contributed by atoms with Crippen LogP contribution < -0.4 is 5.73 Å². The predicted molar refractivity (Wildman–Crippen MR) is 70.0 cm³/mol. The number of hydrogen-bond donors (Lipinski definition) is 1. The maximum absolute atomic E-state index is 11.7. The zero-order valence-electron chi connectivity index (χ0n) is 11.2. The van der Waals surface area contributed by atoms with Crippen molar-refractivity contribution in [2.24, 2.45) is 22.5 Å². The van der Waals surface area contributed by atoms with Crippen molar-refractivity contribution in [3.05, 3.63) is 0 Å². The van der Waals surface area contributed by atoms with Crippen molar-refractivity contribution < 1.29 is 9.53 Å². The zero-order chi connectivity index (χ0) is 12.1. The molecule has 0 aromatic carbocycles. The molecule has 0 saturated heterocycles. The molecular formula is C13H24ClNO2. The zero-order valence-corrected chi connectivity index (χ0v) is 12.0. The molecule has 2 aliphatic rings. The van der Waals surface area contributed by atoms with Crippen LogP contribution in [-0.4, -0.2) is 18.1 Å². The summed E-state index contributed by atoms with van der Waals surface area (Å²) in [5.41, 5.74) is 5.86. The highest BCUT2D eigenvalue weighted by Crippen LogP contribution is 2.63. The maximum Gasteiger partial charge on any atom is 0.322 e. The van der Waals surface area contributed by atoms with Crippen LogP contribution in [0.4, 0.5) is 0 Å². The largest absolute Gasteiger partial charge is 0.460 e. The van der Waals surface area contributed by atoms with Gasteiger partial charge in [0.15, 0.2) is 0 Å². The molecule has 100 valence electrons. The molecule has 3 nitrogen and oxygen atoms in total. The standard InChI is InChI=1S/C13H23NO2.ClH/c1-8(14)10(15)16-11-12(2,3)9-5-6-13(11,4)7-9;/h8-9,11H,5-7,14H2,1-4H3;1H/t8-,9?,11?,13?;/m1./s1. The second-order valence-corrected chi connectivity index (χ2v) is 6.52. The van der Waals surface area contributed by atoms with Gasteiger partial charge in [-0.15, -0.1) is 12.4 Å². The molecule has 2 saturated carbocycles. The number of fused-ring (bicyclic) bond motifs is 2. The summed E-state index contributed by atoms with van der Waals surface area (Å²) in [6.07, 6.45) is 3.68. The molecule has 0 aromatic heterocycles. The van der Waals surface area contributed by atoms with Crippen molar-refractivity contribution in [1.82, 2.24) is 0 Å². The van der Waals surface area contributed by atoms with Crippen LogP contribution in [-0.2, 0) is 9.53 Å². The lowest BCUT2D eigenvalue weighted by atomic mass is 9.70. The van der Waals surface area contributed by atoms with E-state index in [1.807, 2.05) is 0 Å². The van der Waals surface area contributed by atoms with Crippen LogP contribution >= 0.6 is 12.4 Å². The van der Waals surface area contributed by atoms with Crippen LogP contribution in [0.1, 0.15) is 47.0 Å². The fourth-order valence-electron chi connectivity index (χ4n) is 3.77. The summed E-state index contributed by atoms with van der Waals surface area (Å²) in [7, 11) is 0. The Hall–Kier alpha value is -0.280. The number of ether oxygens (including phenoxy) is 1. The van der Waals surface area contributed by atoms with E-state index in [1.165, 1.54) is 19.3 Å². The van der Waals surface area contributed by atoms with Crippen molar-refractivity contribution >= 4 is 18.4 Å². The van der Waals surface area contributed by atoms with Crippen LogP contribution in [0.15, 0.2) is 0 Å². The van der Waals surface area contributed by atoms with Crippen LogP contribution in [0.25, 0.3) is 0 Å². The van der Waals surface area contributed by atoms with Gasteiger partial charge in [0, 0.05) is 10.8 Å². The molecule has 2 bridgehead atoms. The average Bonchev–Trinajstić information content (AvgIpc) is 2.63. The Labute approximate surface area is 110 Å². The fraction of sp³-hybridized carbons (Fsp3) is 0.923. The third kappa shape index (κ3) is 2.19. The Morgan fingerprint density at radius 3 is 2.41 bits per heavy atom. The van der Waals surface area contributed by atoms with Gasteiger partial charge in [-0.3, -0.25) is 4.79 Å². The summed E-state index contributed by atoms with van der Waals surface area (Å²) in [6, 6.07) is -0.515. The van der Waals surface area contributed by atoms with Crippen LogP contribution in [0, 0.1) is 16.7 Å². The summed E-state index contributed by atoms with van der Waals surface area (Å²) >= 11 is 0. The third-order valence-electron chi connectivity index (χ3n) is 4.74. The molecule has 17 heavy (non-hydrogen) atoms. The third-order valence-corrected chi connectivity index (χ3v) is 4.74. The molecule has 2 fully saturated rings. The van der Waals surface area contributed by atoms with Gasteiger partial charge in [-0.1, -0.05) is 20.8 Å². The average molecular weight is 262 g/mol. The quantitative estimate of drug-likeness (QED) is 0.777. The highest BCUT2D eigenvalue weighted by molar-refractivity contribution is 5.85. The van der Waals surface area contributed by atoms with Gasteiger partial charge >= 0.3 is 5.97 Å². The Balaban J connectivity index is 0.00000144. The number of hydrogen-bond acceptors (Lipinski definition) is 3. The molecule has 0 heterocycles. The molecule has 0 amide bonds. The number of esters is 1. The van der Waals surface area contributed by atoms with Gasteiger partial charge in [-0.2, -0.15) is 0 Å². The van der Waals surface area contributed by atoms with Gasteiger partial charge in [-0.25, -0.2) is 0 Å². The molecule has 2 N–H and O–H groups in total. The molecule has 0 aliphatic heterocycles. The van der Waals surface area contributed by atoms with E-state index in [2.05, 4.69) is 20.8 Å². The first kappa shape index (κ1) is 14.8. The van der Waals surface area contributed by atoms with E-state index in [0.717, 1.165) is 0 Å². The molecular weight excluding hydrogens is 238 g/mol. The minimum Gasteiger partial charge on any atom is -0.460 e. The molecule has 2 aliphatic carbocycles. The molecule has 3 unspecified atom stereocenters. The first-order chi connectivity index (χ1) is 7.27. The second kappa shape index (κ2) is 4.43. The van der Waals surface area contributed by atoms with E-state index < -0.39 is 6.04 Å². The molecule has 0 spiro atoms. The topological polar surface area (TPSA) is 52.3 Å². The highest BCUT2D eigenvalue weighted by Gasteiger charge is 2.61. The summed E-state index contributed by atoms with van der Waals surface area (Å²) < 4.78 is 5.66. The van der Waals surface area contributed by atoms with Gasteiger partial charge in [0.1, 0.15) is 12.1 Å². The Bertz CT molecular complexity index is 312. The van der Waals surface area contributed by atoms with E-state index >= 15 is 0 Å². The van der Waals surface area contributed by atoms with E-state index in [0.29, 0.717) is 5.92 Å². The Morgan fingerprint density at radius 2 is 2.00 bits per heavy atom. The predicted octanol–water partition coefficient (Wildman–Crippen LogP) is 2.51. The van der Waals surface area contributed by atoms with Crippen LogP contribution in [0.2, 0.25) is 0 Å². The van der Waals surface area contributed by atoms with E-state index in [-0.39, 0.29) is 35.3 Å². The van der Waals surface area contributed by atoms with Crippen LogP contribution in [0.3, 0.4) is 0 Å². The van der Waals surface area contributed by atoms with Crippen molar-refractivity contribution in [3.8, 4) is 0 Å². The van der Waals surface area contributed by atoms with Crippen molar-refractivity contribution in [3.63, 3.8) is 0 Å². The first-order valence-electron chi connectivity index (χ1n) is 6.23. The maximum atomic E-state index is 11.7. The number of carbonyl (C=O) groups excluding carboxylic acids is 1. The van der Waals surface area contributed by atoms with Gasteiger partial charge in [0.05, 0.1) is 0 Å². The Kier molecular flexibility index (Phi) is 3.85. The van der Waals surface area contributed by atoms with Gasteiger partial charge in [0.2, 0.25) is 0 Å². The molecule has 4 heteroatoms. The van der Waals surface area contributed by atoms with E-state index in [4.69, 9.17) is 10.5 Å². The minimum atomic E-state index is -0.515. The lowest BCUT2D eigenvalue weighted by molar-refractivity contribution is -0.165. The smallest absolute Gasteiger partial charge is 0.322 e. The lowest BCUT2D eigenvalue weighted by Crippen LogP contribution is -2.46. The normalized spacial score (nSPS) is 39.6. The number of carbonyl (C=O) groups is 1. The highest BCUT2D eigenvalue weighted by atomic mass is 35.5. The lowest BCUT2D eigenvalue weighted by Gasteiger charge is -2.41. The molecule has 0 radical (unpaired) electrons. The Morgan fingerprint density at radius 1 is 1.41 bits per heavy atom. The summed E-state index contributed by atoms with van der Waals surface area (Å²) in [6.45, 7) is 8.38. The van der Waals surface area contributed by atoms with Crippen molar-refractivity contribution in [2.45, 2.75) is 59.1 Å². The second-order valence-electron chi connectivity index (χ2n) is 6.52. The monoisotopic (exact) mass is 261 g/mol. The number of rotatable bonds is 2. The molecule has 0 aromatic rings. The molecule has 2 rings (SSSR count). The molecule has 4 atom stereocenters. The van der Waals surface area contributed by atoms with Crippen molar-refractivity contribution in [1.29, 1.82) is 0 Å². The summed E-state index contributed by atoms with van der Waals surface area (Å²) in [4.78, 5) is 11.7. The fourth-order valence-corrected chi connectivity index (χ4v) is 3.77. The number of halogens is 1. The van der Waals surface area contributed by atoms with Gasteiger partial charge < -0.3 is 10.5 Å². The van der Waals surface area contributed by atoms with Crippen molar-refractivity contribution in [2.75, 3.05) is 0 Å². The van der Waals surface area contributed by atoms with E-state index in [9.17, 15) is 4.79 Å². The van der Waals surface area contributed by atoms with Crippen LogP contribution in [0.5, 0.6) is 0 Å².